The van der Waals surface area contributed by atoms with Crippen molar-refractivity contribution in [1.29, 1.82) is 0 Å². The van der Waals surface area contributed by atoms with E-state index >= 15 is 0 Å². The molecule has 0 bridgehead atoms. The smallest absolute Gasteiger partial charge is 0.345 e. The summed E-state index contributed by atoms with van der Waals surface area (Å²) in [5, 5.41) is 1.93. The van der Waals surface area contributed by atoms with Crippen molar-refractivity contribution in [3.05, 3.63) is 52.6 Å². The van der Waals surface area contributed by atoms with Crippen molar-refractivity contribution in [1.82, 2.24) is 0 Å². The van der Waals surface area contributed by atoms with E-state index in [9.17, 15) is 13.9 Å². The van der Waals surface area contributed by atoms with E-state index in [0.717, 1.165) is 40.9 Å². The fourth-order valence-corrected chi connectivity index (χ4v) is 13.5. The van der Waals surface area contributed by atoms with Crippen molar-refractivity contribution in [3.8, 4) is 11.5 Å². The van der Waals surface area contributed by atoms with Crippen LogP contribution in [0.25, 0.3) is 11.1 Å². The van der Waals surface area contributed by atoms with Gasteiger partial charge in [-0.1, -0.05) is 79.7 Å². The first-order valence-electron chi connectivity index (χ1n) is 20.5. The summed E-state index contributed by atoms with van der Waals surface area (Å²) in [6, 6.07) is 10.8. The zero-order valence-electron chi connectivity index (χ0n) is 37.3. The van der Waals surface area contributed by atoms with Crippen molar-refractivity contribution < 1.29 is 40.9 Å². The third-order valence-corrected chi connectivity index (χ3v) is 16.7. The number of nitrogens with one attached hydrogen (secondary N) is 1. The number of allylic oxidation sites excluding steroid dienone is 2. The lowest BCUT2D eigenvalue weighted by Crippen LogP contribution is -2.24. The number of hydrogen-bond donors (Lipinski definition) is 1. The Morgan fingerprint density at radius 3 is 1.55 bits per heavy atom. The molecule has 0 saturated heterocycles. The van der Waals surface area contributed by atoms with Crippen molar-refractivity contribution in [3.63, 3.8) is 0 Å². The van der Waals surface area contributed by atoms with Gasteiger partial charge in [-0.05, 0) is 112 Å². The first kappa shape index (κ1) is 50.1. The van der Waals surface area contributed by atoms with E-state index in [0.29, 0.717) is 11.4 Å². The lowest BCUT2D eigenvalue weighted by molar-refractivity contribution is -0.116. The molecule has 56 heavy (non-hydrogen) atoms. The highest BCUT2D eigenvalue weighted by Gasteiger charge is 2.50. The van der Waals surface area contributed by atoms with E-state index in [2.05, 4.69) is 117 Å². The molecule has 2 aromatic rings. The molecule has 0 unspecified atom stereocenters. The third-order valence-electron chi connectivity index (χ3n) is 9.11. The number of rotatable bonds is 22. The van der Waals surface area contributed by atoms with Crippen LogP contribution in [-0.4, -0.2) is 55.8 Å². The predicted molar refractivity (Wildman–Crippen MR) is 240 cm³/mol. The minimum atomic E-state index is -4.03. The van der Waals surface area contributed by atoms with E-state index in [1.165, 1.54) is 11.1 Å². The Kier molecular flexibility index (Phi) is 19.5. The van der Waals surface area contributed by atoms with Crippen LogP contribution in [0.1, 0.15) is 131 Å². The molecule has 1 N–H and O–H groups in total. The van der Waals surface area contributed by atoms with Crippen LogP contribution in [0.5, 0.6) is 11.5 Å². The van der Waals surface area contributed by atoms with E-state index in [4.69, 9.17) is 26.9 Å². The monoisotopic (exact) mass is 853 g/mol. The molecule has 318 valence electrons. The summed E-state index contributed by atoms with van der Waals surface area (Å²) < 4.78 is 64.6. The maximum absolute atomic E-state index is 14.2. The van der Waals surface area contributed by atoms with Crippen LogP contribution >= 0.6 is 15.2 Å². The summed E-state index contributed by atoms with van der Waals surface area (Å²) in [6.45, 7) is 32.9. The zero-order valence-corrected chi connectivity index (χ0v) is 41.4. The van der Waals surface area contributed by atoms with E-state index in [-0.39, 0.29) is 56.0 Å². The maximum Gasteiger partial charge on any atom is 0.345 e. The first-order valence-corrected chi connectivity index (χ1v) is 29.3. The molecule has 0 fully saturated rings. The van der Waals surface area contributed by atoms with Gasteiger partial charge in [-0.2, -0.15) is 0 Å². The highest BCUT2D eigenvalue weighted by molar-refractivity contribution is 7.72. The second-order valence-electron chi connectivity index (χ2n) is 16.4. The highest BCUT2D eigenvalue weighted by atomic mass is 31.2. The van der Waals surface area contributed by atoms with Crippen molar-refractivity contribution >= 4 is 56.0 Å². The third kappa shape index (κ3) is 13.3. The molecule has 0 aliphatic rings. The molecular formula is C42H73NO9P2Si2. The lowest BCUT2D eigenvalue weighted by atomic mass is 9.82. The van der Waals surface area contributed by atoms with Gasteiger partial charge in [-0.3, -0.25) is 13.9 Å². The van der Waals surface area contributed by atoms with Crippen LogP contribution in [0.15, 0.2) is 30.3 Å². The molecule has 14 heteroatoms. The molecule has 0 aliphatic heterocycles. The molecule has 1 amide bonds. The average molecular weight is 854 g/mol. The van der Waals surface area contributed by atoms with Crippen LogP contribution < -0.4 is 14.2 Å². The Hall–Kier alpha value is -2.02. The average Bonchev–Trinajstić information content (AvgIpc) is 3.07. The summed E-state index contributed by atoms with van der Waals surface area (Å²) in [5.41, 5.74) is 6.61. The summed E-state index contributed by atoms with van der Waals surface area (Å²) >= 11 is 0. The van der Waals surface area contributed by atoms with Crippen LogP contribution in [0.3, 0.4) is 0 Å². The number of carbonyl (C=O) groups excluding carboxylic acids is 1. The number of carbonyl (C=O) groups is 1. The van der Waals surface area contributed by atoms with Gasteiger partial charge in [0.1, 0.15) is 11.5 Å². The maximum atomic E-state index is 14.2. The Morgan fingerprint density at radius 1 is 0.679 bits per heavy atom. The Labute approximate surface area is 342 Å². The van der Waals surface area contributed by atoms with Crippen LogP contribution in [-0.2, 0) is 42.8 Å². The van der Waals surface area contributed by atoms with E-state index in [1.54, 1.807) is 27.7 Å². The molecule has 0 aromatic heterocycles. The molecule has 0 saturated carbocycles. The second kappa shape index (κ2) is 21.8. The van der Waals surface area contributed by atoms with Gasteiger partial charge in [0.25, 0.3) is 0 Å². The van der Waals surface area contributed by atoms with Gasteiger partial charge in [0.2, 0.25) is 24.0 Å². The minimum Gasteiger partial charge on any atom is -0.547 e. The van der Waals surface area contributed by atoms with Gasteiger partial charge in [-0.25, -0.2) is 0 Å². The zero-order chi connectivity index (χ0) is 42.6. The van der Waals surface area contributed by atoms with Gasteiger partial charge < -0.3 is 32.3 Å². The molecule has 0 spiro atoms. The summed E-state index contributed by atoms with van der Waals surface area (Å²) in [6.07, 6.45) is 1.21. The van der Waals surface area contributed by atoms with E-state index in [1.807, 2.05) is 0 Å². The number of hydrogen-bond acceptors (Lipinski definition) is 9. The van der Waals surface area contributed by atoms with Gasteiger partial charge in [-0.15, -0.1) is 0 Å². The van der Waals surface area contributed by atoms with Crippen molar-refractivity contribution in [2.75, 3.05) is 31.7 Å². The van der Waals surface area contributed by atoms with Gasteiger partial charge in [0.05, 0.1) is 32.1 Å². The first-order chi connectivity index (χ1) is 26.1. The molecule has 10 nitrogen and oxygen atoms in total. The molecule has 0 heterocycles. The van der Waals surface area contributed by atoms with Crippen molar-refractivity contribution in [2.24, 2.45) is 0 Å². The minimum absolute atomic E-state index is 0.0381. The topological polar surface area (TPSA) is 119 Å². The number of amides is 1. The SMILES string of the molecule is CCOP(=O)(OCC)C(CCC(=O)Nc1c(C(C)(C)C)ccc(/C(CC)=C(\CC)c2ccc(C(C)(C)C)cc2O[SiH](C)C)c1O[SiH](C)C)P(=O)(OCC)OCC. The van der Waals surface area contributed by atoms with Gasteiger partial charge in [0, 0.05) is 17.5 Å². The molecule has 0 aliphatic carbocycles. The predicted octanol–water partition coefficient (Wildman–Crippen LogP) is 12.3. The molecule has 0 atom stereocenters. The van der Waals surface area contributed by atoms with Crippen LogP contribution in [0, 0.1) is 0 Å². The fourth-order valence-electron chi connectivity index (χ4n) is 6.74. The molecule has 2 rings (SSSR count). The van der Waals surface area contributed by atoms with Crippen molar-refractivity contribution in [2.45, 2.75) is 151 Å². The summed E-state index contributed by atoms with van der Waals surface area (Å²) in [5.74, 6) is 1.19. The second-order valence-corrected chi connectivity index (χ2v) is 25.9. The number of benzene rings is 2. The highest BCUT2D eigenvalue weighted by Crippen LogP contribution is 2.71. The summed E-state index contributed by atoms with van der Waals surface area (Å²) in [4.78, 5) is 14.2. The quantitative estimate of drug-likeness (QED) is 0.0701. The normalized spacial score (nSPS) is 13.4. The Morgan fingerprint density at radius 2 is 1.14 bits per heavy atom. The van der Waals surface area contributed by atoms with Crippen LogP contribution in [0.2, 0.25) is 26.2 Å². The van der Waals surface area contributed by atoms with Crippen LogP contribution in [0.4, 0.5) is 5.69 Å². The van der Waals surface area contributed by atoms with E-state index < -0.39 is 38.7 Å². The molecule has 0 radical (unpaired) electrons. The Bertz CT molecular complexity index is 1680. The standard InChI is InChI=1S/C42H73NO9P2Si2/c1-17-31(33-24-23-30(41(7,8)9)29-36(33)51-55(13)14)32(18-2)34-25-26-35(42(10,11)12)39(40(34)52-56(15)16)43-37(44)27-28-38(53(45,47-19-3)48-20-4)54(46,49-21-5)50-22-6/h23-26,29,38,55-56H,17-22,27-28H2,1-16H3,(H,43,44)/b32-31+. The van der Waals surface area contributed by atoms with Gasteiger partial charge >= 0.3 is 15.2 Å². The lowest BCUT2D eigenvalue weighted by Gasteiger charge is -2.31. The number of anilines is 1. The fraction of sp³-hybridized carbons (Fsp3) is 0.643. The molecule has 2 aromatic carbocycles. The Balaban J connectivity index is 2.90. The van der Waals surface area contributed by atoms with Gasteiger partial charge in [0.15, 0.2) is 5.40 Å². The largest absolute Gasteiger partial charge is 0.547 e. The summed E-state index contributed by atoms with van der Waals surface area (Å²) in [7, 11) is -11.3. The molecular weight excluding hydrogens is 781 g/mol.